The molecule has 0 saturated heterocycles. The van der Waals surface area contributed by atoms with Gasteiger partial charge in [0.15, 0.2) is 0 Å². The first kappa shape index (κ1) is 13.3. The molecule has 1 aromatic rings. The second-order valence-corrected chi connectivity index (χ2v) is 3.95. The summed E-state index contributed by atoms with van der Waals surface area (Å²) in [5.74, 6) is 1.91. The maximum atomic E-state index is 5.62. The molecular formula is C13H23NO2. The zero-order valence-corrected chi connectivity index (χ0v) is 10.4. The maximum Gasteiger partial charge on any atom is 0.129 e. The summed E-state index contributed by atoms with van der Waals surface area (Å²) in [6.45, 7) is 7.57. The van der Waals surface area contributed by atoms with E-state index in [1.165, 1.54) is 6.42 Å². The molecule has 0 atom stereocenters. The van der Waals surface area contributed by atoms with Crippen molar-refractivity contribution in [2.24, 2.45) is 0 Å². The lowest BCUT2D eigenvalue weighted by Crippen LogP contribution is -2.13. The van der Waals surface area contributed by atoms with Crippen LogP contribution in [0.3, 0.4) is 0 Å². The quantitative estimate of drug-likeness (QED) is 0.656. The Kier molecular flexibility index (Phi) is 6.93. The highest BCUT2D eigenvalue weighted by Crippen LogP contribution is 2.09. The van der Waals surface area contributed by atoms with Crippen LogP contribution in [0.4, 0.5) is 0 Å². The molecule has 0 amide bonds. The Morgan fingerprint density at radius 3 is 2.75 bits per heavy atom. The van der Waals surface area contributed by atoms with Gasteiger partial charge in [-0.2, -0.15) is 0 Å². The molecule has 3 heteroatoms. The standard InChI is InChI=1S/C13H23NO2/c1-3-5-9-15-11-13-7-6-12(16-13)10-14-8-4-2/h6-7,14H,3-5,8-11H2,1-2H3. The zero-order valence-electron chi connectivity index (χ0n) is 10.4. The van der Waals surface area contributed by atoms with Crippen molar-refractivity contribution in [1.29, 1.82) is 0 Å². The summed E-state index contributed by atoms with van der Waals surface area (Å²) in [5.41, 5.74) is 0. The largest absolute Gasteiger partial charge is 0.462 e. The molecule has 0 radical (unpaired) electrons. The van der Waals surface area contributed by atoms with Gasteiger partial charge in [0.25, 0.3) is 0 Å². The third-order valence-electron chi connectivity index (χ3n) is 2.33. The van der Waals surface area contributed by atoms with E-state index in [4.69, 9.17) is 9.15 Å². The Bertz CT molecular complexity index is 271. The number of hydrogen-bond donors (Lipinski definition) is 1. The van der Waals surface area contributed by atoms with Crippen LogP contribution in [0, 0.1) is 0 Å². The molecule has 0 aliphatic heterocycles. The Morgan fingerprint density at radius 1 is 1.19 bits per heavy atom. The molecule has 0 aromatic carbocycles. The van der Waals surface area contributed by atoms with E-state index in [1.807, 2.05) is 12.1 Å². The maximum absolute atomic E-state index is 5.62. The van der Waals surface area contributed by atoms with Crippen LogP contribution in [-0.4, -0.2) is 13.2 Å². The van der Waals surface area contributed by atoms with E-state index >= 15 is 0 Å². The Morgan fingerprint density at radius 2 is 2.00 bits per heavy atom. The molecule has 1 heterocycles. The normalized spacial score (nSPS) is 10.9. The van der Waals surface area contributed by atoms with E-state index in [9.17, 15) is 0 Å². The zero-order chi connectivity index (χ0) is 11.6. The van der Waals surface area contributed by atoms with Crippen LogP contribution in [0.1, 0.15) is 44.6 Å². The van der Waals surface area contributed by atoms with Gasteiger partial charge in [0, 0.05) is 6.61 Å². The number of nitrogens with one attached hydrogen (secondary N) is 1. The van der Waals surface area contributed by atoms with Gasteiger partial charge in [0.05, 0.1) is 6.54 Å². The number of furan rings is 1. The predicted molar refractivity (Wildman–Crippen MR) is 65.3 cm³/mol. The average molecular weight is 225 g/mol. The Balaban J connectivity index is 2.17. The van der Waals surface area contributed by atoms with Gasteiger partial charge in [-0.15, -0.1) is 0 Å². The van der Waals surface area contributed by atoms with E-state index in [-0.39, 0.29) is 0 Å². The molecule has 0 fully saturated rings. The number of rotatable bonds is 9. The van der Waals surface area contributed by atoms with Crippen LogP contribution in [0.2, 0.25) is 0 Å². The summed E-state index contributed by atoms with van der Waals surface area (Å²) in [4.78, 5) is 0. The Hall–Kier alpha value is -0.800. The van der Waals surface area contributed by atoms with Crippen molar-refractivity contribution in [3.8, 4) is 0 Å². The summed E-state index contributed by atoms with van der Waals surface area (Å²) >= 11 is 0. The van der Waals surface area contributed by atoms with E-state index in [1.54, 1.807) is 0 Å². The van der Waals surface area contributed by atoms with E-state index in [0.29, 0.717) is 6.61 Å². The SMILES string of the molecule is CCCCOCc1ccc(CNCCC)o1. The van der Waals surface area contributed by atoms with Gasteiger partial charge < -0.3 is 14.5 Å². The first-order valence-corrected chi connectivity index (χ1v) is 6.22. The number of ether oxygens (including phenoxy) is 1. The van der Waals surface area contributed by atoms with Gasteiger partial charge in [0.2, 0.25) is 0 Å². The summed E-state index contributed by atoms with van der Waals surface area (Å²) in [5, 5.41) is 3.31. The van der Waals surface area contributed by atoms with Crippen LogP contribution in [0.15, 0.2) is 16.5 Å². The van der Waals surface area contributed by atoms with Gasteiger partial charge in [-0.05, 0) is 31.5 Å². The molecule has 0 aliphatic carbocycles. The van der Waals surface area contributed by atoms with Crippen molar-refractivity contribution >= 4 is 0 Å². The second kappa shape index (κ2) is 8.36. The molecule has 1 N–H and O–H groups in total. The van der Waals surface area contributed by atoms with Crippen LogP contribution in [0.5, 0.6) is 0 Å². The fraction of sp³-hybridized carbons (Fsp3) is 0.692. The topological polar surface area (TPSA) is 34.4 Å². The molecule has 0 aliphatic rings. The van der Waals surface area contributed by atoms with Gasteiger partial charge in [0.1, 0.15) is 18.1 Å². The molecule has 0 saturated carbocycles. The summed E-state index contributed by atoms with van der Waals surface area (Å²) < 4.78 is 11.1. The van der Waals surface area contributed by atoms with Crippen LogP contribution in [0.25, 0.3) is 0 Å². The molecular weight excluding hydrogens is 202 g/mol. The first-order valence-electron chi connectivity index (χ1n) is 6.22. The number of hydrogen-bond acceptors (Lipinski definition) is 3. The summed E-state index contributed by atoms with van der Waals surface area (Å²) in [6, 6.07) is 4.01. The highest BCUT2D eigenvalue weighted by Gasteiger charge is 2.01. The molecule has 1 rings (SSSR count). The van der Waals surface area contributed by atoms with Crippen LogP contribution >= 0.6 is 0 Å². The molecule has 0 bridgehead atoms. The van der Waals surface area contributed by atoms with Crippen LogP contribution < -0.4 is 5.32 Å². The minimum absolute atomic E-state index is 0.591. The highest BCUT2D eigenvalue weighted by molar-refractivity contribution is 5.06. The third kappa shape index (κ3) is 5.33. The summed E-state index contributed by atoms with van der Waals surface area (Å²) in [6.07, 6.45) is 3.43. The molecule has 3 nitrogen and oxygen atoms in total. The average Bonchev–Trinajstić information content (AvgIpc) is 2.73. The lowest BCUT2D eigenvalue weighted by atomic mass is 10.4. The van der Waals surface area contributed by atoms with Crippen molar-refractivity contribution in [3.05, 3.63) is 23.7 Å². The summed E-state index contributed by atoms with van der Waals surface area (Å²) in [7, 11) is 0. The monoisotopic (exact) mass is 225 g/mol. The van der Waals surface area contributed by atoms with Gasteiger partial charge in [-0.1, -0.05) is 20.3 Å². The number of unbranched alkanes of at least 4 members (excludes halogenated alkanes) is 1. The van der Waals surface area contributed by atoms with Crippen molar-refractivity contribution in [2.75, 3.05) is 13.2 Å². The van der Waals surface area contributed by atoms with Crippen molar-refractivity contribution in [2.45, 2.75) is 46.3 Å². The highest BCUT2D eigenvalue weighted by atomic mass is 16.5. The lowest BCUT2D eigenvalue weighted by Gasteiger charge is -2.01. The predicted octanol–water partition coefficient (Wildman–Crippen LogP) is 3.10. The minimum atomic E-state index is 0.591. The van der Waals surface area contributed by atoms with Crippen LogP contribution in [-0.2, 0) is 17.9 Å². The first-order chi connectivity index (χ1) is 7.86. The van der Waals surface area contributed by atoms with E-state index in [2.05, 4.69) is 19.2 Å². The smallest absolute Gasteiger partial charge is 0.129 e. The van der Waals surface area contributed by atoms with Gasteiger partial charge >= 0.3 is 0 Å². The molecule has 16 heavy (non-hydrogen) atoms. The molecule has 92 valence electrons. The van der Waals surface area contributed by atoms with Crippen molar-refractivity contribution < 1.29 is 9.15 Å². The third-order valence-corrected chi connectivity index (χ3v) is 2.33. The van der Waals surface area contributed by atoms with Gasteiger partial charge in [-0.25, -0.2) is 0 Å². The Labute approximate surface area is 98.2 Å². The molecule has 0 spiro atoms. The molecule has 1 aromatic heterocycles. The van der Waals surface area contributed by atoms with Gasteiger partial charge in [-0.3, -0.25) is 0 Å². The second-order valence-electron chi connectivity index (χ2n) is 3.95. The van der Waals surface area contributed by atoms with Crippen molar-refractivity contribution in [1.82, 2.24) is 5.32 Å². The fourth-order valence-electron chi connectivity index (χ4n) is 1.40. The van der Waals surface area contributed by atoms with Crippen molar-refractivity contribution in [3.63, 3.8) is 0 Å². The van der Waals surface area contributed by atoms with E-state index < -0.39 is 0 Å². The fourth-order valence-corrected chi connectivity index (χ4v) is 1.40. The molecule has 0 unspecified atom stereocenters. The van der Waals surface area contributed by atoms with E-state index in [0.717, 1.165) is 44.1 Å². The minimum Gasteiger partial charge on any atom is -0.462 e. The lowest BCUT2D eigenvalue weighted by molar-refractivity contribution is 0.103.